The predicted molar refractivity (Wildman–Crippen MR) is 83.0 cm³/mol. The quantitative estimate of drug-likeness (QED) is 0.847. The first-order valence-corrected chi connectivity index (χ1v) is 7.78. The second-order valence-corrected chi connectivity index (χ2v) is 6.10. The van der Waals surface area contributed by atoms with Gasteiger partial charge in [-0.2, -0.15) is 0 Å². The summed E-state index contributed by atoms with van der Waals surface area (Å²) >= 11 is 5.86. The van der Waals surface area contributed by atoms with Crippen LogP contribution in [-0.4, -0.2) is 24.5 Å². The summed E-state index contributed by atoms with van der Waals surface area (Å²) < 4.78 is 0. The molecular weight excluding hydrogens is 272 g/mol. The Morgan fingerprint density at radius 1 is 1.30 bits per heavy atom. The number of benzene rings is 1. The predicted octanol–water partition coefficient (Wildman–Crippen LogP) is 2.92. The zero-order chi connectivity index (χ0) is 14.4. The molecule has 0 saturated heterocycles. The third-order valence-electron chi connectivity index (χ3n) is 3.77. The van der Waals surface area contributed by atoms with Gasteiger partial charge in [0.1, 0.15) is 0 Å². The Hall–Kier alpha value is -1.06. The number of carbonyl (C=O) groups excluding carboxylic acids is 1. The van der Waals surface area contributed by atoms with Gasteiger partial charge in [0.25, 0.3) is 0 Å². The van der Waals surface area contributed by atoms with Crippen molar-refractivity contribution in [1.29, 1.82) is 0 Å². The maximum absolute atomic E-state index is 11.9. The molecule has 0 spiro atoms. The fourth-order valence-electron chi connectivity index (χ4n) is 2.72. The fourth-order valence-corrected chi connectivity index (χ4v) is 2.84. The van der Waals surface area contributed by atoms with Crippen molar-refractivity contribution in [2.24, 2.45) is 0 Å². The molecule has 1 atom stereocenters. The molecule has 1 amide bonds. The number of rotatable bonds is 6. The third kappa shape index (κ3) is 5.14. The molecule has 0 radical (unpaired) electrons. The first-order valence-electron chi connectivity index (χ1n) is 7.40. The van der Waals surface area contributed by atoms with Crippen molar-refractivity contribution in [1.82, 2.24) is 10.6 Å². The van der Waals surface area contributed by atoms with E-state index in [4.69, 9.17) is 11.6 Å². The zero-order valence-corrected chi connectivity index (χ0v) is 12.7. The van der Waals surface area contributed by atoms with Gasteiger partial charge in [-0.15, -0.1) is 0 Å². The van der Waals surface area contributed by atoms with Gasteiger partial charge < -0.3 is 10.6 Å². The zero-order valence-electron chi connectivity index (χ0n) is 12.0. The molecule has 0 aromatic heterocycles. The Morgan fingerprint density at radius 2 is 1.95 bits per heavy atom. The summed E-state index contributed by atoms with van der Waals surface area (Å²) in [5, 5.41) is 7.10. The summed E-state index contributed by atoms with van der Waals surface area (Å²) in [7, 11) is 0. The van der Waals surface area contributed by atoms with E-state index < -0.39 is 0 Å². The molecule has 2 N–H and O–H groups in total. The van der Waals surface area contributed by atoms with Gasteiger partial charge in [0.05, 0.1) is 6.54 Å². The maximum atomic E-state index is 11.9. The summed E-state index contributed by atoms with van der Waals surface area (Å²) in [6, 6.07) is 8.44. The molecule has 1 aromatic carbocycles. The molecule has 0 aliphatic heterocycles. The highest BCUT2D eigenvalue weighted by atomic mass is 35.5. The van der Waals surface area contributed by atoms with Gasteiger partial charge in [-0.05, 0) is 43.9 Å². The Bertz CT molecular complexity index is 427. The molecule has 1 aliphatic rings. The average Bonchev–Trinajstić information content (AvgIpc) is 2.92. The van der Waals surface area contributed by atoms with E-state index in [2.05, 4.69) is 10.6 Å². The van der Waals surface area contributed by atoms with Gasteiger partial charge >= 0.3 is 0 Å². The largest absolute Gasteiger partial charge is 0.352 e. The third-order valence-corrected chi connectivity index (χ3v) is 4.02. The summed E-state index contributed by atoms with van der Waals surface area (Å²) in [6.45, 7) is 2.46. The van der Waals surface area contributed by atoms with Crippen LogP contribution in [-0.2, 0) is 11.2 Å². The van der Waals surface area contributed by atoms with Crippen LogP contribution in [0, 0.1) is 0 Å². The van der Waals surface area contributed by atoms with Crippen LogP contribution in [0.4, 0.5) is 0 Å². The molecule has 1 fully saturated rings. The molecule has 0 bridgehead atoms. The molecule has 110 valence electrons. The Kier molecular flexibility index (Phi) is 5.86. The van der Waals surface area contributed by atoms with E-state index in [1.807, 2.05) is 31.2 Å². The van der Waals surface area contributed by atoms with Crippen LogP contribution in [0.25, 0.3) is 0 Å². The number of halogens is 1. The second kappa shape index (κ2) is 7.65. The minimum Gasteiger partial charge on any atom is -0.352 e. The lowest BCUT2D eigenvalue weighted by molar-refractivity contribution is -0.120. The smallest absolute Gasteiger partial charge is 0.234 e. The Balaban J connectivity index is 1.68. The van der Waals surface area contributed by atoms with Crippen LogP contribution < -0.4 is 10.6 Å². The van der Waals surface area contributed by atoms with Crippen LogP contribution in [0.15, 0.2) is 24.3 Å². The minimum absolute atomic E-state index is 0.0818. The molecule has 3 nitrogen and oxygen atoms in total. The lowest BCUT2D eigenvalue weighted by atomic mass is 10.1. The van der Waals surface area contributed by atoms with Gasteiger partial charge in [-0.1, -0.05) is 36.6 Å². The average molecular weight is 295 g/mol. The van der Waals surface area contributed by atoms with E-state index >= 15 is 0 Å². The van der Waals surface area contributed by atoms with Crippen LogP contribution >= 0.6 is 11.6 Å². The van der Waals surface area contributed by atoms with Crippen molar-refractivity contribution in [2.45, 2.75) is 51.1 Å². The molecule has 2 rings (SSSR count). The molecule has 1 unspecified atom stereocenters. The fraction of sp³-hybridized carbons (Fsp3) is 0.562. The van der Waals surface area contributed by atoms with E-state index in [0.29, 0.717) is 12.6 Å². The highest BCUT2D eigenvalue weighted by Crippen LogP contribution is 2.17. The van der Waals surface area contributed by atoms with Gasteiger partial charge in [0, 0.05) is 17.1 Å². The van der Waals surface area contributed by atoms with Crippen molar-refractivity contribution in [3.8, 4) is 0 Å². The number of carbonyl (C=O) groups is 1. The topological polar surface area (TPSA) is 41.1 Å². The van der Waals surface area contributed by atoms with E-state index in [1.54, 1.807) is 0 Å². The van der Waals surface area contributed by atoms with E-state index in [-0.39, 0.29) is 11.9 Å². The lowest BCUT2D eigenvalue weighted by Gasteiger charge is -2.16. The van der Waals surface area contributed by atoms with Gasteiger partial charge in [-0.25, -0.2) is 0 Å². The molecular formula is C16H23ClN2O. The monoisotopic (exact) mass is 294 g/mol. The summed E-state index contributed by atoms with van der Waals surface area (Å²) in [6.07, 6.45) is 5.80. The molecule has 1 aromatic rings. The maximum Gasteiger partial charge on any atom is 0.234 e. The Labute approximate surface area is 126 Å². The molecule has 1 aliphatic carbocycles. The molecule has 1 saturated carbocycles. The van der Waals surface area contributed by atoms with Crippen LogP contribution in [0.3, 0.4) is 0 Å². The summed E-state index contributed by atoms with van der Waals surface area (Å²) in [4.78, 5) is 11.9. The molecule has 20 heavy (non-hydrogen) atoms. The molecule has 0 heterocycles. The summed E-state index contributed by atoms with van der Waals surface area (Å²) in [5.74, 6) is 0.0818. The van der Waals surface area contributed by atoms with Crippen LogP contribution in [0.1, 0.15) is 38.2 Å². The van der Waals surface area contributed by atoms with Gasteiger partial charge in [-0.3, -0.25) is 4.79 Å². The normalized spacial score (nSPS) is 17.1. The number of nitrogens with one attached hydrogen (secondary N) is 2. The standard InChI is InChI=1S/C16H23ClN2O/c1-12(10-13-6-8-14(17)9-7-13)19-16(20)11-18-15-4-2-3-5-15/h6-9,12,15,18H,2-5,10-11H2,1H3,(H,19,20). The lowest BCUT2D eigenvalue weighted by Crippen LogP contribution is -2.42. The van der Waals surface area contributed by atoms with Crippen molar-refractivity contribution in [3.05, 3.63) is 34.9 Å². The number of amides is 1. The Morgan fingerprint density at radius 3 is 2.60 bits per heavy atom. The van der Waals surface area contributed by atoms with E-state index in [9.17, 15) is 4.79 Å². The second-order valence-electron chi connectivity index (χ2n) is 5.66. The van der Waals surface area contributed by atoms with Crippen molar-refractivity contribution in [2.75, 3.05) is 6.54 Å². The van der Waals surface area contributed by atoms with Crippen LogP contribution in [0.5, 0.6) is 0 Å². The highest BCUT2D eigenvalue weighted by Gasteiger charge is 2.15. The van der Waals surface area contributed by atoms with Crippen molar-refractivity contribution in [3.63, 3.8) is 0 Å². The van der Waals surface area contributed by atoms with Crippen molar-refractivity contribution < 1.29 is 4.79 Å². The first-order chi connectivity index (χ1) is 9.63. The number of hydrogen-bond donors (Lipinski definition) is 2. The molecule has 4 heteroatoms. The number of hydrogen-bond acceptors (Lipinski definition) is 2. The van der Waals surface area contributed by atoms with Crippen LogP contribution in [0.2, 0.25) is 5.02 Å². The minimum atomic E-state index is 0.0818. The first kappa shape index (κ1) is 15.3. The van der Waals surface area contributed by atoms with E-state index in [0.717, 1.165) is 11.4 Å². The van der Waals surface area contributed by atoms with E-state index in [1.165, 1.54) is 31.2 Å². The SMILES string of the molecule is CC(Cc1ccc(Cl)cc1)NC(=O)CNC1CCCC1. The van der Waals surface area contributed by atoms with Gasteiger partial charge in [0.15, 0.2) is 0 Å². The summed E-state index contributed by atoms with van der Waals surface area (Å²) in [5.41, 5.74) is 1.19. The van der Waals surface area contributed by atoms with Gasteiger partial charge in [0.2, 0.25) is 5.91 Å². The highest BCUT2D eigenvalue weighted by molar-refractivity contribution is 6.30. The van der Waals surface area contributed by atoms with Crippen molar-refractivity contribution >= 4 is 17.5 Å².